The average molecular weight is 533 g/mol. The van der Waals surface area contributed by atoms with E-state index in [4.69, 9.17) is 18.9 Å². The van der Waals surface area contributed by atoms with Gasteiger partial charge in [-0.3, -0.25) is 0 Å². The second-order valence-corrected chi connectivity index (χ2v) is 9.83. The Morgan fingerprint density at radius 1 is 0.667 bits per heavy atom. The topological polar surface area (TPSA) is 54.0 Å². The van der Waals surface area contributed by atoms with E-state index in [-0.39, 0.29) is 13.2 Å². The minimum atomic E-state index is -0.903. The minimum Gasteiger partial charge on any atom is -0.438 e. The van der Waals surface area contributed by atoms with Crippen molar-refractivity contribution in [1.82, 2.24) is 0 Å². The van der Waals surface area contributed by atoms with Gasteiger partial charge in [0.25, 0.3) is 0 Å². The molecule has 0 heterocycles. The average Bonchev–Trinajstić information content (AvgIpc) is 2.99. The minimum absolute atomic E-state index is 0.130. The zero-order chi connectivity index (χ0) is 27.6. The Balaban J connectivity index is 1.71. The molecule has 0 aliphatic heterocycles. The van der Waals surface area contributed by atoms with Crippen molar-refractivity contribution >= 4 is 6.16 Å². The number of methoxy groups -OCH3 is 1. The fourth-order valence-electron chi connectivity index (χ4n) is 4.84. The molecule has 0 aliphatic rings. The molecule has 5 heteroatoms. The van der Waals surface area contributed by atoms with Crippen LogP contribution >= 0.6 is 0 Å². The third-order valence-corrected chi connectivity index (χ3v) is 6.90. The van der Waals surface area contributed by atoms with Gasteiger partial charge < -0.3 is 18.9 Å². The van der Waals surface area contributed by atoms with Crippen LogP contribution in [0, 0.1) is 0 Å². The van der Waals surface area contributed by atoms with E-state index < -0.39 is 17.9 Å². The molecule has 0 bridgehead atoms. The maximum Gasteiger partial charge on any atom is 0.508 e. The van der Waals surface area contributed by atoms with Crippen LogP contribution in [0.3, 0.4) is 0 Å². The normalized spacial score (nSPS) is 12.2. The van der Waals surface area contributed by atoms with Crippen LogP contribution in [-0.2, 0) is 24.5 Å². The maximum atomic E-state index is 12.1. The smallest absolute Gasteiger partial charge is 0.438 e. The van der Waals surface area contributed by atoms with E-state index in [0.29, 0.717) is 6.61 Å². The molecule has 3 aromatic carbocycles. The number of benzene rings is 3. The number of carbonyl (C=O) groups excluding carboxylic acids is 1. The molecule has 0 radical (unpaired) electrons. The summed E-state index contributed by atoms with van der Waals surface area (Å²) in [5.41, 5.74) is 2.05. The Hall–Kier alpha value is -3.15. The van der Waals surface area contributed by atoms with Gasteiger partial charge in [-0.2, -0.15) is 0 Å². The molecule has 210 valence electrons. The molecule has 0 aromatic heterocycles. The fourth-order valence-corrected chi connectivity index (χ4v) is 4.84. The Bertz CT molecular complexity index is 942. The summed E-state index contributed by atoms with van der Waals surface area (Å²) in [6.07, 6.45) is 8.51. The molecule has 0 saturated carbocycles. The van der Waals surface area contributed by atoms with Gasteiger partial charge >= 0.3 is 6.16 Å². The molecular weight excluding hydrogens is 488 g/mol. The molecular formula is C34H44O5. The molecule has 0 aliphatic carbocycles. The highest BCUT2D eigenvalue weighted by Gasteiger charge is 2.38. The van der Waals surface area contributed by atoms with Gasteiger partial charge in [0.05, 0.1) is 20.3 Å². The summed E-state index contributed by atoms with van der Waals surface area (Å²) in [6, 6.07) is 30.4. The SMILES string of the molecule is CCCCCCCCCCOCC(COC(c1ccccc1)(c1ccccc1)c1ccccc1)OC(=O)OC. The largest absolute Gasteiger partial charge is 0.508 e. The lowest BCUT2D eigenvalue weighted by Crippen LogP contribution is -2.38. The molecule has 1 unspecified atom stereocenters. The van der Waals surface area contributed by atoms with Crippen molar-refractivity contribution < 1.29 is 23.7 Å². The van der Waals surface area contributed by atoms with Crippen LogP contribution in [0.4, 0.5) is 4.79 Å². The number of rotatable bonds is 18. The van der Waals surface area contributed by atoms with E-state index in [2.05, 4.69) is 43.3 Å². The van der Waals surface area contributed by atoms with Crippen molar-refractivity contribution in [3.05, 3.63) is 108 Å². The zero-order valence-corrected chi connectivity index (χ0v) is 23.6. The molecule has 0 saturated heterocycles. The van der Waals surface area contributed by atoms with Crippen molar-refractivity contribution in [2.24, 2.45) is 0 Å². The quantitative estimate of drug-likeness (QED) is 0.0937. The highest BCUT2D eigenvalue weighted by molar-refractivity contribution is 5.59. The van der Waals surface area contributed by atoms with Crippen LogP contribution in [0.5, 0.6) is 0 Å². The van der Waals surface area contributed by atoms with Crippen LogP contribution in [0.2, 0.25) is 0 Å². The second kappa shape index (κ2) is 17.4. The fraction of sp³-hybridized carbons (Fsp3) is 0.441. The number of ether oxygens (including phenoxy) is 4. The first-order valence-electron chi connectivity index (χ1n) is 14.3. The number of carbonyl (C=O) groups is 1. The van der Waals surface area contributed by atoms with Crippen molar-refractivity contribution in [2.45, 2.75) is 70.0 Å². The summed E-state index contributed by atoms with van der Waals surface area (Å²) >= 11 is 0. The van der Waals surface area contributed by atoms with E-state index in [1.807, 2.05) is 54.6 Å². The molecule has 0 spiro atoms. The number of hydrogen-bond acceptors (Lipinski definition) is 5. The van der Waals surface area contributed by atoms with E-state index >= 15 is 0 Å². The molecule has 3 aromatic rings. The maximum absolute atomic E-state index is 12.1. The van der Waals surface area contributed by atoms with Crippen molar-refractivity contribution in [3.63, 3.8) is 0 Å². The van der Waals surface area contributed by atoms with Crippen molar-refractivity contribution in [1.29, 1.82) is 0 Å². The predicted octanol–water partition coefficient (Wildman–Crippen LogP) is 8.30. The number of hydrogen-bond donors (Lipinski definition) is 0. The summed E-state index contributed by atoms with van der Waals surface area (Å²) < 4.78 is 23.1. The molecule has 1 atom stereocenters. The highest BCUT2D eigenvalue weighted by atomic mass is 16.7. The lowest BCUT2D eigenvalue weighted by atomic mass is 9.80. The molecule has 0 N–H and O–H groups in total. The van der Waals surface area contributed by atoms with E-state index in [1.165, 1.54) is 45.6 Å². The number of unbranched alkanes of at least 4 members (excludes halogenated alkanes) is 7. The van der Waals surface area contributed by atoms with Gasteiger partial charge in [-0.05, 0) is 23.1 Å². The second-order valence-electron chi connectivity index (χ2n) is 9.83. The lowest BCUT2D eigenvalue weighted by molar-refractivity contribution is -0.0795. The van der Waals surface area contributed by atoms with E-state index in [9.17, 15) is 4.79 Å². The van der Waals surface area contributed by atoms with Gasteiger partial charge in [0, 0.05) is 6.61 Å². The van der Waals surface area contributed by atoms with Gasteiger partial charge in [-0.15, -0.1) is 0 Å². The standard InChI is InChI=1S/C34H44O5/c1-3-4-5-6-7-8-9-19-26-37-27-32(39-33(35)36-2)28-38-34(29-20-13-10-14-21-29,30-22-15-11-16-23-30)31-24-17-12-18-25-31/h10-18,20-25,32H,3-9,19,26-28H2,1-2H3. The van der Waals surface area contributed by atoms with Gasteiger partial charge in [0.15, 0.2) is 6.10 Å². The van der Waals surface area contributed by atoms with Crippen LogP contribution in [0.25, 0.3) is 0 Å². The van der Waals surface area contributed by atoms with Crippen LogP contribution < -0.4 is 0 Å². The summed E-state index contributed by atoms with van der Waals surface area (Å²) in [5.74, 6) is 0. The molecule has 0 fully saturated rings. The predicted molar refractivity (Wildman–Crippen MR) is 156 cm³/mol. The third kappa shape index (κ3) is 9.52. The van der Waals surface area contributed by atoms with Crippen molar-refractivity contribution in [2.75, 3.05) is 26.9 Å². The summed E-state index contributed by atoms with van der Waals surface area (Å²) in [6.45, 7) is 3.23. The zero-order valence-electron chi connectivity index (χ0n) is 23.6. The van der Waals surface area contributed by atoms with Crippen molar-refractivity contribution in [3.8, 4) is 0 Å². The van der Waals surface area contributed by atoms with Gasteiger partial charge in [-0.1, -0.05) is 143 Å². The Morgan fingerprint density at radius 3 is 1.59 bits per heavy atom. The first-order valence-corrected chi connectivity index (χ1v) is 14.3. The van der Waals surface area contributed by atoms with E-state index in [0.717, 1.165) is 29.5 Å². The molecule has 39 heavy (non-hydrogen) atoms. The Labute approximate surface area is 234 Å². The third-order valence-electron chi connectivity index (χ3n) is 6.90. The van der Waals surface area contributed by atoms with Gasteiger partial charge in [0.1, 0.15) is 5.60 Å². The lowest BCUT2D eigenvalue weighted by Gasteiger charge is -2.37. The van der Waals surface area contributed by atoms with Gasteiger partial charge in [0.2, 0.25) is 0 Å². The Kier molecular flexibility index (Phi) is 13.6. The summed E-state index contributed by atoms with van der Waals surface area (Å²) in [7, 11) is 1.31. The van der Waals surface area contributed by atoms with E-state index in [1.54, 1.807) is 0 Å². The summed E-state index contributed by atoms with van der Waals surface area (Å²) in [5, 5.41) is 0. The summed E-state index contributed by atoms with van der Waals surface area (Å²) in [4.78, 5) is 12.1. The molecule has 5 nitrogen and oxygen atoms in total. The first-order chi connectivity index (χ1) is 19.2. The van der Waals surface area contributed by atoms with Crippen LogP contribution in [-0.4, -0.2) is 39.2 Å². The van der Waals surface area contributed by atoms with Gasteiger partial charge in [-0.25, -0.2) is 4.79 Å². The molecule has 3 rings (SSSR count). The monoisotopic (exact) mass is 532 g/mol. The first kappa shape index (κ1) is 30.4. The molecule has 0 amide bonds. The highest BCUT2D eigenvalue weighted by Crippen LogP contribution is 2.40. The van der Waals surface area contributed by atoms with Crippen LogP contribution in [0.1, 0.15) is 75.0 Å². The van der Waals surface area contributed by atoms with Crippen LogP contribution in [0.15, 0.2) is 91.0 Å². The Morgan fingerprint density at radius 2 is 1.13 bits per heavy atom.